The lowest BCUT2D eigenvalue weighted by molar-refractivity contribution is 0.229. The minimum Gasteiger partial charge on any atom is -0.367 e. The number of carbonyl (C=O) groups is 1. The molecule has 4 rings (SSSR count). The number of benzene rings is 1. The van der Waals surface area contributed by atoms with Gasteiger partial charge < -0.3 is 16.0 Å². The Morgan fingerprint density at radius 3 is 2.47 bits per heavy atom. The van der Waals surface area contributed by atoms with Crippen LogP contribution in [0.4, 0.5) is 10.6 Å². The summed E-state index contributed by atoms with van der Waals surface area (Å²) in [6, 6.07) is 8.85. The molecular formula is C24H33N7O. The first-order valence-corrected chi connectivity index (χ1v) is 11.4. The van der Waals surface area contributed by atoms with E-state index in [0.717, 1.165) is 59.7 Å². The maximum atomic E-state index is 12.0. The molecule has 1 aliphatic carbocycles. The number of aromatic nitrogens is 4. The SMILES string of the molecule is Cc1cccc(-n2nc(C)c3c(NC4CCC(NC(=O)NC(C)C)CC4)nc(C)nc32)c1. The first-order valence-electron chi connectivity index (χ1n) is 11.4. The van der Waals surface area contributed by atoms with Crippen molar-refractivity contribution >= 4 is 22.9 Å². The number of carbonyl (C=O) groups excluding carboxylic acids is 1. The van der Waals surface area contributed by atoms with E-state index in [1.54, 1.807) is 0 Å². The molecule has 1 aliphatic rings. The topological polar surface area (TPSA) is 96.8 Å². The lowest BCUT2D eigenvalue weighted by Gasteiger charge is -2.30. The molecule has 8 heteroatoms. The summed E-state index contributed by atoms with van der Waals surface area (Å²) in [6.45, 7) is 9.93. The zero-order valence-electron chi connectivity index (χ0n) is 19.6. The van der Waals surface area contributed by atoms with E-state index in [2.05, 4.69) is 35.0 Å². The third kappa shape index (κ3) is 4.84. The monoisotopic (exact) mass is 435 g/mol. The van der Waals surface area contributed by atoms with Crippen LogP contribution in [-0.2, 0) is 0 Å². The Balaban J connectivity index is 1.51. The van der Waals surface area contributed by atoms with E-state index in [9.17, 15) is 4.79 Å². The molecule has 0 radical (unpaired) electrons. The molecule has 2 amide bonds. The number of nitrogens with zero attached hydrogens (tertiary/aromatic N) is 4. The van der Waals surface area contributed by atoms with Gasteiger partial charge >= 0.3 is 6.03 Å². The van der Waals surface area contributed by atoms with Crippen molar-refractivity contribution in [2.24, 2.45) is 0 Å². The molecule has 0 aliphatic heterocycles. The van der Waals surface area contributed by atoms with E-state index in [-0.39, 0.29) is 18.1 Å². The number of fused-ring (bicyclic) bond motifs is 1. The van der Waals surface area contributed by atoms with E-state index in [1.165, 1.54) is 5.56 Å². The summed E-state index contributed by atoms with van der Waals surface area (Å²) in [5.41, 5.74) is 3.91. The number of aryl methyl sites for hydroxylation is 3. The fraction of sp³-hybridized carbons (Fsp3) is 0.500. The van der Waals surface area contributed by atoms with Gasteiger partial charge in [-0.15, -0.1) is 0 Å². The van der Waals surface area contributed by atoms with Gasteiger partial charge in [0.15, 0.2) is 5.65 Å². The first-order chi connectivity index (χ1) is 15.3. The zero-order chi connectivity index (χ0) is 22.8. The highest BCUT2D eigenvalue weighted by atomic mass is 16.2. The van der Waals surface area contributed by atoms with Gasteiger partial charge in [0.25, 0.3) is 0 Å². The van der Waals surface area contributed by atoms with Crippen molar-refractivity contribution in [3.8, 4) is 5.69 Å². The minimum atomic E-state index is -0.0799. The molecule has 8 nitrogen and oxygen atoms in total. The van der Waals surface area contributed by atoms with E-state index < -0.39 is 0 Å². The summed E-state index contributed by atoms with van der Waals surface area (Å²) < 4.78 is 1.91. The Morgan fingerprint density at radius 1 is 1.06 bits per heavy atom. The summed E-state index contributed by atoms with van der Waals surface area (Å²) in [5.74, 6) is 1.56. The van der Waals surface area contributed by atoms with Gasteiger partial charge in [-0.3, -0.25) is 0 Å². The maximum Gasteiger partial charge on any atom is 0.315 e. The molecule has 2 heterocycles. The van der Waals surface area contributed by atoms with Crippen LogP contribution in [0.15, 0.2) is 24.3 Å². The van der Waals surface area contributed by atoms with Crippen molar-refractivity contribution < 1.29 is 4.79 Å². The number of hydrogen-bond donors (Lipinski definition) is 3. The van der Waals surface area contributed by atoms with Gasteiger partial charge in [-0.25, -0.2) is 19.4 Å². The first kappa shape index (κ1) is 22.0. The summed E-state index contributed by atoms with van der Waals surface area (Å²) in [6.07, 6.45) is 3.83. The Bertz CT molecular complexity index is 1110. The lowest BCUT2D eigenvalue weighted by Crippen LogP contribution is -2.46. The van der Waals surface area contributed by atoms with E-state index in [0.29, 0.717) is 6.04 Å². The Labute approximate surface area is 189 Å². The Hall–Kier alpha value is -3.16. The molecule has 32 heavy (non-hydrogen) atoms. The second-order valence-corrected chi connectivity index (χ2v) is 9.12. The summed E-state index contributed by atoms with van der Waals surface area (Å²) >= 11 is 0. The van der Waals surface area contributed by atoms with Gasteiger partial charge in [0.1, 0.15) is 11.6 Å². The van der Waals surface area contributed by atoms with Crippen LogP contribution < -0.4 is 16.0 Å². The molecule has 170 valence electrons. The highest BCUT2D eigenvalue weighted by Crippen LogP contribution is 2.29. The molecule has 2 aromatic heterocycles. The van der Waals surface area contributed by atoms with Crippen LogP contribution in [0, 0.1) is 20.8 Å². The number of anilines is 1. The van der Waals surface area contributed by atoms with Gasteiger partial charge in [-0.2, -0.15) is 5.10 Å². The second-order valence-electron chi connectivity index (χ2n) is 9.12. The van der Waals surface area contributed by atoms with Crippen LogP contribution in [0.5, 0.6) is 0 Å². The van der Waals surface area contributed by atoms with E-state index in [1.807, 2.05) is 44.5 Å². The number of urea groups is 1. The number of amides is 2. The maximum absolute atomic E-state index is 12.0. The average Bonchev–Trinajstić information content (AvgIpc) is 3.05. The quantitative estimate of drug-likeness (QED) is 0.559. The van der Waals surface area contributed by atoms with Crippen molar-refractivity contribution in [3.63, 3.8) is 0 Å². The van der Waals surface area contributed by atoms with Gasteiger partial charge in [0.05, 0.1) is 16.8 Å². The molecule has 0 bridgehead atoms. The van der Waals surface area contributed by atoms with Crippen molar-refractivity contribution in [3.05, 3.63) is 41.3 Å². The number of nitrogens with one attached hydrogen (secondary N) is 3. The normalized spacial score (nSPS) is 18.7. The largest absolute Gasteiger partial charge is 0.367 e. The van der Waals surface area contributed by atoms with Crippen molar-refractivity contribution in [1.29, 1.82) is 0 Å². The van der Waals surface area contributed by atoms with Crippen LogP contribution in [0.25, 0.3) is 16.7 Å². The van der Waals surface area contributed by atoms with E-state index >= 15 is 0 Å². The second kappa shape index (κ2) is 9.14. The third-order valence-electron chi connectivity index (χ3n) is 5.88. The van der Waals surface area contributed by atoms with Crippen LogP contribution in [0.2, 0.25) is 0 Å². The Morgan fingerprint density at radius 2 is 1.78 bits per heavy atom. The minimum absolute atomic E-state index is 0.0799. The fourth-order valence-electron chi connectivity index (χ4n) is 4.40. The molecule has 1 fully saturated rings. The predicted octanol–water partition coefficient (Wildman–Crippen LogP) is 4.17. The predicted molar refractivity (Wildman–Crippen MR) is 127 cm³/mol. The molecule has 1 aromatic carbocycles. The molecule has 0 atom stereocenters. The molecule has 3 N–H and O–H groups in total. The lowest BCUT2D eigenvalue weighted by atomic mass is 9.91. The number of hydrogen-bond acceptors (Lipinski definition) is 5. The van der Waals surface area contributed by atoms with Gasteiger partial charge in [-0.05, 0) is 78.0 Å². The van der Waals surface area contributed by atoms with E-state index in [4.69, 9.17) is 15.1 Å². The highest BCUT2D eigenvalue weighted by molar-refractivity contribution is 5.90. The van der Waals surface area contributed by atoms with Gasteiger partial charge in [0.2, 0.25) is 0 Å². The van der Waals surface area contributed by atoms with Crippen LogP contribution >= 0.6 is 0 Å². The van der Waals surface area contributed by atoms with Crippen molar-refractivity contribution in [2.45, 2.75) is 78.4 Å². The fourth-order valence-corrected chi connectivity index (χ4v) is 4.40. The average molecular weight is 436 g/mol. The Kier molecular flexibility index (Phi) is 6.30. The molecule has 3 aromatic rings. The zero-order valence-corrected chi connectivity index (χ0v) is 19.6. The van der Waals surface area contributed by atoms with Gasteiger partial charge in [-0.1, -0.05) is 12.1 Å². The molecule has 0 saturated heterocycles. The highest BCUT2D eigenvalue weighted by Gasteiger charge is 2.25. The molecular weight excluding hydrogens is 402 g/mol. The molecule has 0 unspecified atom stereocenters. The smallest absolute Gasteiger partial charge is 0.315 e. The van der Waals surface area contributed by atoms with Crippen LogP contribution in [-0.4, -0.2) is 43.9 Å². The summed E-state index contributed by atoms with van der Waals surface area (Å²) in [5, 5.41) is 15.4. The van der Waals surface area contributed by atoms with Crippen molar-refractivity contribution in [2.75, 3.05) is 5.32 Å². The standard InChI is InChI=1S/C24H33N7O/c1-14(2)25-24(32)29-19-11-9-18(10-12-19)28-22-21-16(4)30-31(23(21)27-17(5)26-22)20-8-6-7-15(3)13-20/h6-8,13-14,18-19H,9-12H2,1-5H3,(H2,25,29,32)(H,26,27,28). The van der Waals surface area contributed by atoms with Crippen molar-refractivity contribution in [1.82, 2.24) is 30.4 Å². The molecule has 0 spiro atoms. The third-order valence-corrected chi connectivity index (χ3v) is 5.88. The van der Waals surface area contributed by atoms with Crippen LogP contribution in [0.3, 0.4) is 0 Å². The van der Waals surface area contributed by atoms with Gasteiger partial charge in [0, 0.05) is 18.1 Å². The summed E-state index contributed by atoms with van der Waals surface area (Å²) in [7, 11) is 0. The summed E-state index contributed by atoms with van der Waals surface area (Å²) in [4.78, 5) is 21.4. The molecule has 1 saturated carbocycles. The number of rotatable bonds is 5. The van der Waals surface area contributed by atoms with Crippen LogP contribution in [0.1, 0.15) is 56.6 Å².